The molecule has 0 spiro atoms. The van der Waals surface area contributed by atoms with Gasteiger partial charge in [-0.25, -0.2) is 4.98 Å². The summed E-state index contributed by atoms with van der Waals surface area (Å²) in [5, 5.41) is 19.1. The quantitative estimate of drug-likeness (QED) is 0.509. The Bertz CT molecular complexity index is 1080. The Labute approximate surface area is 148 Å². The lowest BCUT2D eigenvalue weighted by Crippen LogP contribution is -2.11. The highest BCUT2D eigenvalue weighted by atomic mass is 16.1. The SMILES string of the molecule is NC(=O)c1cccc2c(-c3nncc(NCc4ccccc4)n3)[nH]nc12. The molecule has 0 aliphatic heterocycles. The first-order valence-electron chi connectivity index (χ1n) is 7.97. The van der Waals surface area contributed by atoms with E-state index in [1.807, 2.05) is 36.4 Å². The fourth-order valence-corrected chi connectivity index (χ4v) is 2.69. The van der Waals surface area contributed by atoms with Gasteiger partial charge in [-0.3, -0.25) is 9.89 Å². The number of carbonyl (C=O) groups excluding carboxylic acids is 1. The van der Waals surface area contributed by atoms with Gasteiger partial charge in [-0.2, -0.15) is 10.2 Å². The van der Waals surface area contributed by atoms with Crippen molar-refractivity contribution in [3.05, 3.63) is 65.9 Å². The van der Waals surface area contributed by atoms with Crippen molar-refractivity contribution in [2.45, 2.75) is 6.54 Å². The summed E-state index contributed by atoms with van der Waals surface area (Å²) in [6, 6.07) is 15.2. The van der Waals surface area contributed by atoms with Crippen molar-refractivity contribution in [2.75, 3.05) is 5.32 Å². The number of fused-ring (bicyclic) bond motifs is 1. The first-order chi connectivity index (χ1) is 12.7. The van der Waals surface area contributed by atoms with Gasteiger partial charge >= 0.3 is 0 Å². The van der Waals surface area contributed by atoms with E-state index in [0.717, 1.165) is 5.56 Å². The van der Waals surface area contributed by atoms with E-state index in [4.69, 9.17) is 5.73 Å². The molecule has 26 heavy (non-hydrogen) atoms. The van der Waals surface area contributed by atoms with Gasteiger partial charge in [-0.05, 0) is 11.6 Å². The molecule has 0 saturated carbocycles. The predicted octanol–water partition coefficient (Wildman–Crippen LogP) is 2.13. The molecule has 4 rings (SSSR count). The van der Waals surface area contributed by atoms with E-state index in [1.54, 1.807) is 18.3 Å². The number of carbonyl (C=O) groups is 1. The Morgan fingerprint density at radius 2 is 1.96 bits per heavy atom. The van der Waals surface area contributed by atoms with E-state index in [0.29, 0.717) is 40.3 Å². The number of hydrogen-bond donors (Lipinski definition) is 3. The molecule has 0 radical (unpaired) electrons. The van der Waals surface area contributed by atoms with Gasteiger partial charge < -0.3 is 11.1 Å². The summed E-state index contributed by atoms with van der Waals surface area (Å²) in [4.78, 5) is 16.0. The highest BCUT2D eigenvalue weighted by molar-refractivity contribution is 6.07. The van der Waals surface area contributed by atoms with Crippen molar-refractivity contribution in [3.8, 4) is 11.5 Å². The van der Waals surface area contributed by atoms with Crippen molar-refractivity contribution in [2.24, 2.45) is 5.73 Å². The standard InChI is InChI=1S/C18H15N7O/c19-17(26)13-8-4-7-12-15(13)23-24-16(12)18-22-14(10-21-25-18)20-9-11-5-2-1-3-6-11/h1-8,10H,9H2,(H2,19,26)(H,23,24)(H,20,22,25). The largest absolute Gasteiger partial charge is 0.366 e. The number of aromatic amines is 1. The summed E-state index contributed by atoms with van der Waals surface area (Å²) < 4.78 is 0. The summed E-state index contributed by atoms with van der Waals surface area (Å²) in [6.07, 6.45) is 1.56. The molecule has 2 aromatic carbocycles. The minimum atomic E-state index is -0.536. The number of benzene rings is 2. The number of para-hydroxylation sites is 1. The molecule has 8 heteroatoms. The molecule has 0 aliphatic rings. The fourth-order valence-electron chi connectivity index (χ4n) is 2.69. The Kier molecular flexibility index (Phi) is 3.98. The van der Waals surface area contributed by atoms with Crippen molar-refractivity contribution in [1.82, 2.24) is 25.4 Å². The van der Waals surface area contributed by atoms with E-state index < -0.39 is 5.91 Å². The Morgan fingerprint density at radius 3 is 2.77 bits per heavy atom. The van der Waals surface area contributed by atoms with Crippen LogP contribution in [0.15, 0.2) is 54.7 Å². The molecular formula is C18H15N7O. The van der Waals surface area contributed by atoms with E-state index in [2.05, 4.69) is 30.7 Å². The van der Waals surface area contributed by atoms with E-state index in [9.17, 15) is 4.79 Å². The van der Waals surface area contributed by atoms with Crippen molar-refractivity contribution in [1.29, 1.82) is 0 Å². The molecule has 2 heterocycles. The maximum absolute atomic E-state index is 11.5. The first kappa shape index (κ1) is 15.7. The molecule has 0 bridgehead atoms. The van der Waals surface area contributed by atoms with Crippen LogP contribution in [0.4, 0.5) is 5.82 Å². The molecule has 1 amide bonds. The Balaban J connectivity index is 1.65. The van der Waals surface area contributed by atoms with Crippen molar-refractivity contribution >= 4 is 22.6 Å². The lowest BCUT2D eigenvalue weighted by Gasteiger charge is -2.06. The molecule has 0 unspecified atom stereocenters. The van der Waals surface area contributed by atoms with Crippen LogP contribution in [0.5, 0.6) is 0 Å². The third-order valence-corrected chi connectivity index (χ3v) is 3.95. The normalized spacial score (nSPS) is 10.8. The minimum Gasteiger partial charge on any atom is -0.366 e. The highest BCUT2D eigenvalue weighted by Gasteiger charge is 2.16. The van der Waals surface area contributed by atoms with Crippen LogP contribution in [0, 0.1) is 0 Å². The molecule has 128 valence electrons. The molecule has 2 aromatic heterocycles. The average Bonchev–Trinajstić information content (AvgIpc) is 3.11. The second-order valence-corrected chi connectivity index (χ2v) is 5.67. The van der Waals surface area contributed by atoms with Gasteiger partial charge in [-0.15, -0.1) is 5.10 Å². The summed E-state index contributed by atoms with van der Waals surface area (Å²) in [5.41, 5.74) is 7.94. The van der Waals surface area contributed by atoms with Gasteiger partial charge in [0.25, 0.3) is 5.91 Å². The Morgan fingerprint density at radius 1 is 1.12 bits per heavy atom. The summed E-state index contributed by atoms with van der Waals surface area (Å²) in [7, 11) is 0. The van der Waals surface area contributed by atoms with Gasteiger partial charge in [0.15, 0.2) is 0 Å². The van der Waals surface area contributed by atoms with Crippen LogP contribution < -0.4 is 11.1 Å². The predicted molar refractivity (Wildman–Crippen MR) is 97.2 cm³/mol. The molecule has 0 atom stereocenters. The van der Waals surface area contributed by atoms with Crippen LogP contribution in [0.2, 0.25) is 0 Å². The number of anilines is 1. The van der Waals surface area contributed by atoms with Crippen molar-refractivity contribution in [3.63, 3.8) is 0 Å². The van der Waals surface area contributed by atoms with Gasteiger partial charge in [0.05, 0.1) is 11.8 Å². The number of rotatable bonds is 5. The number of nitrogens with two attached hydrogens (primary N) is 1. The minimum absolute atomic E-state index is 0.344. The monoisotopic (exact) mass is 345 g/mol. The summed E-state index contributed by atoms with van der Waals surface area (Å²) in [6.45, 7) is 0.620. The number of H-pyrrole nitrogens is 1. The molecule has 0 saturated heterocycles. The maximum Gasteiger partial charge on any atom is 0.250 e. The second-order valence-electron chi connectivity index (χ2n) is 5.67. The van der Waals surface area contributed by atoms with Crippen LogP contribution in [0.25, 0.3) is 22.4 Å². The number of primary amides is 1. The molecule has 4 N–H and O–H groups in total. The van der Waals surface area contributed by atoms with Crippen LogP contribution in [-0.2, 0) is 6.54 Å². The smallest absolute Gasteiger partial charge is 0.250 e. The second kappa shape index (κ2) is 6.60. The van der Waals surface area contributed by atoms with Crippen LogP contribution in [-0.4, -0.2) is 31.3 Å². The van der Waals surface area contributed by atoms with Crippen LogP contribution in [0.1, 0.15) is 15.9 Å². The third kappa shape index (κ3) is 2.95. The average molecular weight is 345 g/mol. The topological polar surface area (TPSA) is 122 Å². The fraction of sp³-hybridized carbons (Fsp3) is 0.0556. The number of nitrogens with zero attached hydrogens (tertiary/aromatic N) is 4. The van der Waals surface area contributed by atoms with Crippen LogP contribution in [0.3, 0.4) is 0 Å². The van der Waals surface area contributed by atoms with Crippen molar-refractivity contribution < 1.29 is 4.79 Å². The maximum atomic E-state index is 11.5. The highest BCUT2D eigenvalue weighted by Crippen LogP contribution is 2.26. The lowest BCUT2D eigenvalue weighted by molar-refractivity contribution is 0.100. The molecule has 4 aromatic rings. The molecular weight excluding hydrogens is 330 g/mol. The van der Waals surface area contributed by atoms with Gasteiger partial charge in [0.1, 0.15) is 17.0 Å². The van der Waals surface area contributed by atoms with Gasteiger partial charge in [-0.1, -0.05) is 42.5 Å². The molecule has 8 nitrogen and oxygen atoms in total. The van der Waals surface area contributed by atoms with Gasteiger partial charge in [0.2, 0.25) is 5.82 Å². The molecule has 0 fully saturated rings. The van der Waals surface area contributed by atoms with E-state index >= 15 is 0 Å². The third-order valence-electron chi connectivity index (χ3n) is 3.95. The summed E-state index contributed by atoms with van der Waals surface area (Å²) >= 11 is 0. The molecule has 0 aliphatic carbocycles. The van der Waals surface area contributed by atoms with Crippen LogP contribution >= 0.6 is 0 Å². The Hall–Kier alpha value is -3.81. The number of hydrogen-bond acceptors (Lipinski definition) is 6. The number of amides is 1. The lowest BCUT2D eigenvalue weighted by atomic mass is 10.1. The zero-order chi connectivity index (χ0) is 17.9. The number of nitrogens with one attached hydrogen (secondary N) is 2. The first-order valence-corrected chi connectivity index (χ1v) is 7.97. The van der Waals surface area contributed by atoms with E-state index in [-0.39, 0.29) is 0 Å². The summed E-state index contributed by atoms with van der Waals surface area (Å²) in [5.74, 6) is 0.436. The zero-order valence-electron chi connectivity index (χ0n) is 13.7. The van der Waals surface area contributed by atoms with Gasteiger partial charge in [0, 0.05) is 11.9 Å². The zero-order valence-corrected chi connectivity index (χ0v) is 13.7. The number of aromatic nitrogens is 5. The van der Waals surface area contributed by atoms with E-state index in [1.165, 1.54) is 0 Å².